The van der Waals surface area contributed by atoms with Crippen LogP contribution in [0.2, 0.25) is 0 Å². The lowest BCUT2D eigenvalue weighted by Crippen LogP contribution is -2.63. The summed E-state index contributed by atoms with van der Waals surface area (Å²) in [5.74, 6) is -0.629. The monoisotopic (exact) mass is 410 g/mol. The first-order valence-electron chi connectivity index (χ1n) is 10.3. The molecule has 3 amide bonds. The van der Waals surface area contributed by atoms with Gasteiger partial charge in [0.25, 0.3) is 11.6 Å². The highest BCUT2D eigenvalue weighted by molar-refractivity contribution is 6.11. The minimum absolute atomic E-state index is 0.336. The number of hydrogen-bond donors (Lipinski definition) is 3. The van der Waals surface area contributed by atoms with Gasteiger partial charge in [0.2, 0.25) is 0 Å². The maximum atomic E-state index is 13.3. The molecule has 1 atom stereocenters. The summed E-state index contributed by atoms with van der Waals surface area (Å²) >= 11 is 0. The molecule has 7 nitrogen and oxygen atoms in total. The highest BCUT2D eigenvalue weighted by Crippen LogP contribution is 2.40. The minimum Gasteiger partial charge on any atom is -0.359 e. The SMILES string of the molecule is CCN(CC)CCNC(=O)C1(O)c2ccccc2NC(=O)N1c1ccc(C)c(C)c1. The van der Waals surface area contributed by atoms with Crippen LogP contribution in [0.1, 0.15) is 30.5 Å². The van der Waals surface area contributed by atoms with Gasteiger partial charge in [-0.1, -0.05) is 38.1 Å². The molecule has 1 unspecified atom stereocenters. The van der Waals surface area contributed by atoms with E-state index in [-0.39, 0.29) is 0 Å². The number of hydrogen-bond acceptors (Lipinski definition) is 4. The molecule has 2 aromatic rings. The molecule has 0 aliphatic carbocycles. The second-order valence-electron chi connectivity index (χ2n) is 7.53. The van der Waals surface area contributed by atoms with Crippen LogP contribution in [0.3, 0.4) is 0 Å². The van der Waals surface area contributed by atoms with Crippen LogP contribution < -0.4 is 15.5 Å². The van der Waals surface area contributed by atoms with E-state index in [4.69, 9.17) is 0 Å². The first-order chi connectivity index (χ1) is 14.3. The van der Waals surface area contributed by atoms with E-state index in [0.717, 1.165) is 29.1 Å². The van der Waals surface area contributed by atoms with E-state index in [2.05, 4.69) is 29.4 Å². The Labute approximate surface area is 177 Å². The topological polar surface area (TPSA) is 84.9 Å². The quantitative estimate of drug-likeness (QED) is 0.655. The normalized spacial score (nSPS) is 18.2. The molecule has 1 heterocycles. The number of para-hydroxylation sites is 1. The van der Waals surface area contributed by atoms with Crippen molar-refractivity contribution < 1.29 is 14.7 Å². The lowest BCUT2D eigenvalue weighted by molar-refractivity contribution is -0.140. The van der Waals surface area contributed by atoms with Crippen molar-refractivity contribution in [2.24, 2.45) is 0 Å². The predicted molar refractivity (Wildman–Crippen MR) is 119 cm³/mol. The van der Waals surface area contributed by atoms with E-state index in [1.807, 2.05) is 19.9 Å². The minimum atomic E-state index is -2.16. The van der Waals surface area contributed by atoms with Crippen LogP contribution in [0.15, 0.2) is 42.5 Å². The van der Waals surface area contributed by atoms with Crippen molar-refractivity contribution in [3.8, 4) is 0 Å². The molecule has 1 aliphatic rings. The van der Waals surface area contributed by atoms with Crippen molar-refractivity contribution in [3.63, 3.8) is 0 Å². The second kappa shape index (κ2) is 8.85. The molecule has 3 N–H and O–H groups in total. The average molecular weight is 411 g/mol. The van der Waals surface area contributed by atoms with E-state index >= 15 is 0 Å². The van der Waals surface area contributed by atoms with Crippen molar-refractivity contribution in [1.29, 1.82) is 0 Å². The molecule has 0 bridgehead atoms. The number of likely N-dealkylation sites (N-methyl/N-ethyl adjacent to an activating group) is 1. The third-order valence-corrected chi connectivity index (χ3v) is 5.74. The molecule has 0 spiro atoms. The molecular formula is C23H30N4O3. The Hall–Kier alpha value is -2.90. The summed E-state index contributed by atoms with van der Waals surface area (Å²) in [5, 5.41) is 17.4. The first-order valence-corrected chi connectivity index (χ1v) is 10.3. The Balaban J connectivity index is 2.01. The third kappa shape index (κ3) is 3.91. The van der Waals surface area contributed by atoms with Crippen molar-refractivity contribution >= 4 is 23.3 Å². The molecule has 1 aliphatic heterocycles. The summed E-state index contributed by atoms with van der Waals surface area (Å²) in [6.45, 7) is 10.8. The zero-order chi connectivity index (χ0) is 21.9. The Morgan fingerprint density at radius 3 is 2.50 bits per heavy atom. The van der Waals surface area contributed by atoms with E-state index in [1.165, 1.54) is 0 Å². The van der Waals surface area contributed by atoms with Gasteiger partial charge in [-0.15, -0.1) is 0 Å². The van der Waals surface area contributed by atoms with E-state index < -0.39 is 17.7 Å². The molecule has 0 fully saturated rings. The summed E-state index contributed by atoms with van der Waals surface area (Å²) in [6.07, 6.45) is 0. The smallest absolute Gasteiger partial charge is 0.329 e. The number of rotatable bonds is 7. The number of nitrogens with zero attached hydrogens (tertiary/aromatic N) is 2. The summed E-state index contributed by atoms with van der Waals surface area (Å²) < 4.78 is 0. The van der Waals surface area contributed by atoms with E-state index in [0.29, 0.717) is 30.0 Å². The van der Waals surface area contributed by atoms with Crippen LogP contribution in [-0.4, -0.2) is 48.1 Å². The van der Waals surface area contributed by atoms with Crippen LogP contribution in [0, 0.1) is 13.8 Å². The van der Waals surface area contributed by atoms with Crippen LogP contribution in [0.5, 0.6) is 0 Å². The van der Waals surface area contributed by atoms with Gasteiger partial charge in [-0.2, -0.15) is 0 Å². The van der Waals surface area contributed by atoms with Gasteiger partial charge >= 0.3 is 6.03 Å². The Bertz CT molecular complexity index is 942. The van der Waals surface area contributed by atoms with E-state index in [9.17, 15) is 14.7 Å². The fourth-order valence-electron chi connectivity index (χ4n) is 3.72. The van der Waals surface area contributed by atoms with Crippen molar-refractivity contribution in [2.75, 3.05) is 36.4 Å². The number of fused-ring (bicyclic) bond motifs is 1. The molecule has 0 saturated carbocycles. The fraction of sp³-hybridized carbons (Fsp3) is 0.391. The lowest BCUT2D eigenvalue weighted by atomic mass is 9.94. The Morgan fingerprint density at radius 1 is 1.13 bits per heavy atom. The van der Waals surface area contributed by atoms with E-state index in [1.54, 1.807) is 36.4 Å². The first kappa shape index (κ1) is 21.8. The highest BCUT2D eigenvalue weighted by Gasteiger charge is 2.51. The number of aryl methyl sites for hydroxylation is 2. The van der Waals surface area contributed by atoms with Gasteiger partial charge in [-0.25, -0.2) is 4.79 Å². The van der Waals surface area contributed by atoms with Gasteiger partial charge in [0.15, 0.2) is 0 Å². The molecule has 160 valence electrons. The number of aliphatic hydroxyl groups is 1. The molecular weight excluding hydrogens is 380 g/mol. The van der Waals surface area contributed by atoms with Crippen molar-refractivity contribution in [1.82, 2.24) is 10.2 Å². The van der Waals surface area contributed by atoms with Gasteiger partial charge in [-0.3, -0.25) is 9.69 Å². The zero-order valence-electron chi connectivity index (χ0n) is 18.0. The standard InChI is InChI=1S/C23H30N4O3/c1-5-26(6-2)14-13-24-21(28)23(30)19-9-7-8-10-20(19)25-22(29)27(23)18-12-11-16(3)17(4)15-18/h7-12,15,30H,5-6,13-14H2,1-4H3,(H,24,28)(H,25,29). The molecule has 3 rings (SSSR count). The maximum Gasteiger partial charge on any atom is 0.329 e. The van der Waals surface area contributed by atoms with Crippen LogP contribution in [0.4, 0.5) is 16.2 Å². The Kier molecular flexibility index (Phi) is 6.43. The summed E-state index contributed by atoms with van der Waals surface area (Å²) in [4.78, 5) is 29.6. The van der Waals surface area contributed by atoms with Crippen LogP contribution in [-0.2, 0) is 10.5 Å². The molecule has 0 aromatic heterocycles. The predicted octanol–water partition coefficient (Wildman–Crippen LogP) is 2.96. The van der Waals surface area contributed by atoms with Gasteiger partial charge in [0.05, 0.1) is 5.69 Å². The average Bonchev–Trinajstić information content (AvgIpc) is 2.73. The maximum absolute atomic E-state index is 13.3. The van der Waals surface area contributed by atoms with Gasteiger partial charge < -0.3 is 20.6 Å². The van der Waals surface area contributed by atoms with Crippen molar-refractivity contribution in [3.05, 3.63) is 59.2 Å². The summed E-state index contributed by atoms with van der Waals surface area (Å²) in [6, 6.07) is 11.7. The molecule has 2 aromatic carbocycles. The number of urea groups is 1. The number of anilines is 2. The molecule has 30 heavy (non-hydrogen) atoms. The fourth-order valence-corrected chi connectivity index (χ4v) is 3.72. The molecule has 0 saturated heterocycles. The third-order valence-electron chi connectivity index (χ3n) is 5.74. The Morgan fingerprint density at radius 2 is 1.83 bits per heavy atom. The van der Waals surface area contributed by atoms with Crippen LogP contribution >= 0.6 is 0 Å². The summed E-state index contributed by atoms with van der Waals surface area (Å²) in [5.41, 5.74) is 1.06. The zero-order valence-corrected chi connectivity index (χ0v) is 18.0. The largest absolute Gasteiger partial charge is 0.359 e. The second-order valence-corrected chi connectivity index (χ2v) is 7.53. The van der Waals surface area contributed by atoms with Gasteiger partial charge in [0.1, 0.15) is 0 Å². The lowest BCUT2D eigenvalue weighted by Gasteiger charge is -2.42. The van der Waals surface area contributed by atoms with Gasteiger partial charge in [0, 0.05) is 24.3 Å². The number of carbonyl (C=O) groups is 2. The summed E-state index contributed by atoms with van der Waals surface area (Å²) in [7, 11) is 0. The number of amides is 3. The molecule has 7 heteroatoms. The number of nitrogens with one attached hydrogen (secondary N) is 2. The van der Waals surface area contributed by atoms with Crippen molar-refractivity contribution in [2.45, 2.75) is 33.4 Å². The van der Waals surface area contributed by atoms with Crippen LogP contribution in [0.25, 0.3) is 0 Å². The van der Waals surface area contributed by atoms with Gasteiger partial charge in [-0.05, 0) is 56.3 Å². The number of benzene rings is 2. The highest BCUT2D eigenvalue weighted by atomic mass is 16.3. The molecule has 0 radical (unpaired) electrons. The number of carbonyl (C=O) groups excluding carboxylic acids is 2.